The van der Waals surface area contributed by atoms with E-state index in [1.807, 2.05) is 0 Å². The number of rotatable bonds is 6. The van der Waals surface area contributed by atoms with Gasteiger partial charge in [-0.1, -0.05) is 42.5 Å². The number of aromatic nitrogens is 1. The van der Waals surface area contributed by atoms with Crippen LogP contribution >= 0.6 is 0 Å². The molecule has 0 bridgehead atoms. The van der Waals surface area contributed by atoms with Crippen LogP contribution in [0.2, 0.25) is 0 Å². The number of aliphatic hydroxyl groups excluding tert-OH is 1. The quantitative estimate of drug-likeness (QED) is 0.299. The third kappa shape index (κ3) is 3.73. The average Bonchev–Trinajstić information content (AvgIpc) is 3.26. The van der Waals surface area contributed by atoms with Gasteiger partial charge < -0.3 is 29.0 Å². The molecule has 0 radical (unpaired) electrons. The minimum absolute atomic E-state index is 0.186. The highest BCUT2D eigenvalue weighted by Gasteiger charge is 2.78. The lowest BCUT2D eigenvalue weighted by Gasteiger charge is -2.40. The monoisotopic (exact) mass is 567 g/mol. The van der Waals surface area contributed by atoms with Gasteiger partial charge in [-0.05, 0) is 23.3 Å². The van der Waals surface area contributed by atoms with Crippen molar-refractivity contribution in [3.05, 3.63) is 83.7 Å². The molecular formula is C25H20F3NO9S. The molecule has 1 aromatic heterocycles. The number of nitrogens with zero attached hydrogens (tertiary/aromatic N) is 1. The number of aliphatic hydroxyl groups is 2. The number of fused-ring (bicyclic) bond motifs is 3. The van der Waals surface area contributed by atoms with Crippen molar-refractivity contribution in [1.29, 1.82) is 0 Å². The first-order valence-corrected chi connectivity index (χ1v) is 12.7. The van der Waals surface area contributed by atoms with Gasteiger partial charge in [0.25, 0.3) is 0 Å². The summed E-state index contributed by atoms with van der Waals surface area (Å²) >= 11 is 0. The van der Waals surface area contributed by atoms with Crippen molar-refractivity contribution < 1.29 is 55.4 Å². The number of halogens is 3. The second kappa shape index (κ2) is 8.83. The Morgan fingerprint density at radius 2 is 1.72 bits per heavy atom. The van der Waals surface area contributed by atoms with E-state index in [1.165, 1.54) is 31.4 Å². The van der Waals surface area contributed by atoms with Crippen molar-refractivity contribution in [2.24, 2.45) is 5.92 Å². The standard InChI is InChI=1S/C25H20F3NO9S/c1-36-15-9-7-14(8-10-15)24-19(13-5-3-2-4-6-13)18(22(31)32)21(30)23(24,33)20-17(37-24)11-16(12-29-20)38-39(34,35)25(26,27)28/h2-12,18-19,21,30,33H,1H3,(H,31,32)/t18-,19-,21-,23?,24+/m1/s1. The number of methoxy groups -OCH3 is 1. The Balaban J connectivity index is 1.76. The van der Waals surface area contributed by atoms with E-state index in [9.17, 15) is 41.7 Å². The first-order chi connectivity index (χ1) is 18.3. The van der Waals surface area contributed by atoms with E-state index < -0.39 is 67.9 Å². The van der Waals surface area contributed by atoms with Gasteiger partial charge in [0.2, 0.25) is 0 Å². The van der Waals surface area contributed by atoms with Crippen LogP contribution in [0.3, 0.4) is 0 Å². The second-order valence-electron chi connectivity index (χ2n) is 9.03. The molecule has 2 aliphatic rings. The molecule has 1 unspecified atom stereocenters. The minimum atomic E-state index is -6.06. The van der Waals surface area contributed by atoms with Crippen molar-refractivity contribution in [2.75, 3.05) is 7.11 Å². The van der Waals surface area contributed by atoms with E-state index in [2.05, 4.69) is 9.17 Å². The number of carboxylic acids is 1. The number of benzene rings is 2. The summed E-state index contributed by atoms with van der Waals surface area (Å²) in [4.78, 5) is 16.4. The lowest BCUT2D eigenvalue weighted by molar-refractivity contribution is -0.160. The average molecular weight is 567 g/mol. The van der Waals surface area contributed by atoms with Gasteiger partial charge in [0.15, 0.2) is 17.0 Å². The molecule has 1 saturated carbocycles. The number of carbonyl (C=O) groups is 1. The summed E-state index contributed by atoms with van der Waals surface area (Å²) in [5.74, 6) is -5.22. The second-order valence-corrected chi connectivity index (χ2v) is 10.6. The molecule has 1 aliphatic heterocycles. The van der Waals surface area contributed by atoms with Crippen molar-refractivity contribution in [3.63, 3.8) is 0 Å². The van der Waals surface area contributed by atoms with Crippen LogP contribution in [-0.4, -0.2) is 53.4 Å². The maximum Gasteiger partial charge on any atom is 0.534 e. The van der Waals surface area contributed by atoms with Crippen LogP contribution < -0.4 is 13.7 Å². The van der Waals surface area contributed by atoms with E-state index in [0.29, 0.717) is 17.5 Å². The number of aliphatic carboxylic acids is 1. The molecule has 0 spiro atoms. The molecule has 5 atom stereocenters. The number of hydrogen-bond acceptors (Lipinski definition) is 9. The molecule has 2 heterocycles. The zero-order valence-corrected chi connectivity index (χ0v) is 20.7. The third-order valence-corrected chi connectivity index (χ3v) is 8.02. The van der Waals surface area contributed by atoms with Gasteiger partial charge in [0.1, 0.15) is 23.3 Å². The number of pyridine rings is 1. The molecule has 0 amide bonds. The Kier molecular flexibility index (Phi) is 6.05. The Morgan fingerprint density at radius 1 is 1.08 bits per heavy atom. The molecule has 0 saturated heterocycles. The predicted molar refractivity (Wildman–Crippen MR) is 125 cm³/mol. The fourth-order valence-corrected chi connectivity index (χ4v) is 5.91. The number of ether oxygens (including phenoxy) is 2. The van der Waals surface area contributed by atoms with Gasteiger partial charge in [-0.15, -0.1) is 0 Å². The molecule has 206 valence electrons. The Bertz CT molecular complexity index is 1530. The molecule has 2 aromatic carbocycles. The van der Waals surface area contributed by atoms with Crippen molar-refractivity contribution >= 4 is 16.1 Å². The molecule has 3 aromatic rings. The summed E-state index contributed by atoms with van der Waals surface area (Å²) in [6, 6.07) is 14.8. The van der Waals surface area contributed by atoms with Crippen LogP contribution in [0.4, 0.5) is 13.2 Å². The third-order valence-electron chi connectivity index (χ3n) is 7.04. The Hall–Kier alpha value is -3.88. The SMILES string of the molecule is COc1ccc([C@@]23Oc4cc(OS(=O)(=O)C(F)(F)F)cnc4C2(O)[C@H](O)[C@H](C(=O)O)[C@H]3c2ccccc2)cc1. The van der Waals surface area contributed by atoms with Crippen LogP contribution in [0.1, 0.15) is 22.7 Å². The number of carboxylic acid groups (broad SMARTS) is 1. The van der Waals surface area contributed by atoms with E-state index in [-0.39, 0.29) is 5.56 Å². The Morgan fingerprint density at radius 3 is 2.28 bits per heavy atom. The fraction of sp³-hybridized carbons (Fsp3) is 0.280. The first kappa shape index (κ1) is 26.7. The van der Waals surface area contributed by atoms with E-state index in [0.717, 1.165) is 6.07 Å². The van der Waals surface area contributed by atoms with E-state index in [1.54, 1.807) is 30.3 Å². The van der Waals surface area contributed by atoms with E-state index >= 15 is 0 Å². The maximum absolute atomic E-state index is 12.9. The number of hydrogen-bond donors (Lipinski definition) is 3. The molecule has 14 heteroatoms. The molecule has 5 rings (SSSR count). The smallest absolute Gasteiger partial charge is 0.497 e. The lowest BCUT2D eigenvalue weighted by atomic mass is 9.71. The highest BCUT2D eigenvalue weighted by molar-refractivity contribution is 7.88. The largest absolute Gasteiger partial charge is 0.534 e. The molecule has 10 nitrogen and oxygen atoms in total. The van der Waals surface area contributed by atoms with Gasteiger partial charge in [-0.25, -0.2) is 0 Å². The first-order valence-electron chi connectivity index (χ1n) is 11.3. The molecule has 3 N–H and O–H groups in total. The minimum Gasteiger partial charge on any atom is -0.497 e. The molecule has 39 heavy (non-hydrogen) atoms. The summed E-state index contributed by atoms with van der Waals surface area (Å²) in [5.41, 5.74) is -10.2. The fourth-order valence-electron chi connectivity index (χ4n) is 5.47. The summed E-state index contributed by atoms with van der Waals surface area (Å²) in [6.07, 6.45) is -1.42. The topological polar surface area (TPSA) is 152 Å². The lowest BCUT2D eigenvalue weighted by Crippen LogP contribution is -2.52. The number of alkyl halides is 3. The molecule has 1 fully saturated rings. The van der Waals surface area contributed by atoms with Crippen LogP contribution in [0.15, 0.2) is 66.9 Å². The highest BCUT2D eigenvalue weighted by Crippen LogP contribution is 2.68. The summed E-state index contributed by atoms with van der Waals surface area (Å²) in [5, 5.41) is 33.8. The van der Waals surface area contributed by atoms with Gasteiger partial charge >= 0.3 is 21.6 Å². The maximum atomic E-state index is 12.9. The van der Waals surface area contributed by atoms with Crippen molar-refractivity contribution in [2.45, 2.75) is 28.7 Å². The summed E-state index contributed by atoms with van der Waals surface area (Å²) in [7, 11) is -4.65. The van der Waals surface area contributed by atoms with E-state index in [4.69, 9.17) is 9.47 Å². The van der Waals surface area contributed by atoms with Gasteiger partial charge in [-0.2, -0.15) is 21.6 Å². The normalized spacial score (nSPS) is 27.8. The predicted octanol–water partition coefficient (Wildman–Crippen LogP) is 2.65. The van der Waals surface area contributed by atoms with Gasteiger partial charge in [0.05, 0.1) is 19.2 Å². The van der Waals surface area contributed by atoms with Crippen molar-refractivity contribution in [3.8, 4) is 17.2 Å². The molecular weight excluding hydrogens is 547 g/mol. The van der Waals surface area contributed by atoms with Crippen LogP contribution in [0.5, 0.6) is 17.2 Å². The Labute approximate surface area is 219 Å². The zero-order valence-electron chi connectivity index (χ0n) is 19.9. The van der Waals surface area contributed by atoms with Gasteiger partial charge in [0, 0.05) is 12.0 Å². The van der Waals surface area contributed by atoms with Crippen LogP contribution in [-0.2, 0) is 26.1 Å². The van der Waals surface area contributed by atoms with Crippen LogP contribution in [0, 0.1) is 5.92 Å². The van der Waals surface area contributed by atoms with Gasteiger partial charge in [-0.3, -0.25) is 9.78 Å². The molecule has 1 aliphatic carbocycles. The zero-order chi connectivity index (χ0) is 28.4. The summed E-state index contributed by atoms with van der Waals surface area (Å²) in [6.45, 7) is 0. The highest BCUT2D eigenvalue weighted by atomic mass is 32.2. The van der Waals surface area contributed by atoms with Crippen molar-refractivity contribution in [1.82, 2.24) is 4.98 Å². The van der Waals surface area contributed by atoms with Crippen LogP contribution in [0.25, 0.3) is 0 Å². The summed E-state index contributed by atoms with van der Waals surface area (Å²) < 4.78 is 77.3.